The van der Waals surface area contributed by atoms with Crippen molar-refractivity contribution in [2.24, 2.45) is 0 Å². The first-order valence-electron chi connectivity index (χ1n) is 8.88. The Morgan fingerprint density at radius 2 is 1.78 bits per heavy atom. The molecule has 0 aliphatic rings. The molecule has 0 bridgehead atoms. The zero-order chi connectivity index (χ0) is 19.3. The Kier molecular flexibility index (Phi) is 5.54. The molecule has 3 aromatic rings. The van der Waals surface area contributed by atoms with Crippen LogP contribution >= 0.6 is 0 Å². The highest BCUT2D eigenvalue weighted by Gasteiger charge is 2.13. The summed E-state index contributed by atoms with van der Waals surface area (Å²) in [6, 6.07) is 17.6. The van der Waals surface area contributed by atoms with E-state index in [1.54, 1.807) is 6.33 Å². The monoisotopic (exact) mass is 364 g/mol. The number of rotatable bonds is 6. The Morgan fingerprint density at radius 3 is 2.44 bits per heavy atom. The molecule has 0 aliphatic heterocycles. The van der Waals surface area contributed by atoms with Gasteiger partial charge in [0.15, 0.2) is 12.4 Å². The van der Waals surface area contributed by atoms with Crippen LogP contribution in [0.5, 0.6) is 5.75 Å². The normalized spacial score (nSPS) is 11.2. The van der Waals surface area contributed by atoms with Crippen LogP contribution in [0.3, 0.4) is 0 Å². The maximum Gasteiger partial charge on any atom is 0.258 e. The van der Waals surface area contributed by atoms with E-state index in [1.165, 1.54) is 5.56 Å². The van der Waals surface area contributed by atoms with E-state index < -0.39 is 0 Å². The molecule has 0 saturated heterocycles. The number of carbonyl (C=O) groups is 1. The van der Waals surface area contributed by atoms with Crippen LogP contribution in [0, 0.1) is 0 Å². The summed E-state index contributed by atoms with van der Waals surface area (Å²) in [6.45, 7) is 6.70. The Hall–Kier alpha value is -3.15. The molecule has 2 aromatic carbocycles. The molecule has 140 valence electrons. The van der Waals surface area contributed by atoms with E-state index in [0.29, 0.717) is 11.6 Å². The molecule has 27 heavy (non-hydrogen) atoms. The van der Waals surface area contributed by atoms with Crippen LogP contribution in [0.25, 0.3) is 5.69 Å². The Balaban J connectivity index is 1.52. The fourth-order valence-corrected chi connectivity index (χ4v) is 2.61. The summed E-state index contributed by atoms with van der Waals surface area (Å²) in [7, 11) is 0. The number of hydrogen-bond acceptors (Lipinski definition) is 4. The van der Waals surface area contributed by atoms with Crippen LogP contribution in [-0.2, 0) is 16.8 Å². The molecule has 6 heteroatoms. The summed E-state index contributed by atoms with van der Waals surface area (Å²) in [6.07, 6.45) is 1.63. The topological polar surface area (TPSA) is 69.0 Å². The predicted octanol–water partition coefficient (Wildman–Crippen LogP) is 3.26. The third-order valence-corrected chi connectivity index (χ3v) is 4.19. The number of para-hydroxylation sites is 1. The van der Waals surface area contributed by atoms with Gasteiger partial charge in [-0.15, -0.1) is 10.2 Å². The standard InChI is InChI=1S/C21H24N4O2/c1-21(2,3)16-9-11-18(12-10-16)27-14-20(26)22-13-19-24-23-15-25(19)17-7-5-4-6-8-17/h4-12,15H,13-14H2,1-3H3,(H,22,26). The summed E-state index contributed by atoms with van der Waals surface area (Å²) in [5.74, 6) is 1.12. The van der Waals surface area contributed by atoms with Gasteiger partial charge in [-0.1, -0.05) is 51.1 Å². The number of hydrogen-bond donors (Lipinski definition) is 1. The summed E-state index contributed by atoms with van der Waals surface area (Å²) < 4.78 is 7.41. The molecule has 1 N–H and O–H groups in total. The fraction of sp³-hybridized carbons (Fsp3) is 0.286. The van der Waals surface area contributed by atoms with Crippen molar-refractivity contribution in [2.45, 2.75) is 32.7 Å². The average Bonchev–Trinajstić information content (AvgIpc) is 3.13. The van der Waals surface area contributed by atoms with E-state index in [4.69, 9.17) is 4.74 Å². The van der Waals surface area contributed by atoms with E-state index in [9.17, 15) is 4.79 Å². The largest absolute Gasteiger partial charge is 0.484 e. The molecule has 0 saturated carbocycles. The van der Waals surface area contributed by atoms with Gasteiger partial charge in [0.1, 0.15) is 12.1 Å². The van der Waals surface area contributed by atoms with Crippen molar-refractivity contribution in [1.29, 1.82) is 0 Å². The van der Waals surface area contributed by atoms with Crippen LogP contribution < -0.4 is 10.1 Å². The van der Waals surface area contributed by atoms with Crippen molar-refractivity contribution in [1.82, 2.24) is 20.1 Å². The predicted molar refractivity (Wildman–Crippen MR) is 104 cm³/mol. The van der Waals surface area contributed by atoms with Gasteiger partial charge < -0.3 is 10.1 Å². The first-order valence-corrected chi connectivity index (χ1v) is 8.88. The van der Waals surface area contributed by atoms with Gasteiger partial charge in [0.05, 0.1) is 6.54 Å². The van der Waals surface area contributed by atoms with Crippen molar-refractivity contribution in [2.75, 3.05) is 6.61 Å². The molecule has 0 radical (unpaired) electrons. The van der Waals surface area contributed by atoms with Crippen LogP contribution in [0.4, 0.5) is 0 Å². The molecule has 1 aromatic heterocycles. The summed E-state index contributed by atoms with van der Waals surface area (Å²) in [5, 5.41) is 10.8. The molecular weight excluding hydrogens is 340 g/mol. The second-order valence-electron chi connectivity index (χ2n) is 7.29. The first-order chi connectivity index (χ1) is 12.9. The molecule has 0 aliphatic carbocycles. The fourth-order valence-electron chi connectivity index (χ4n) is 2.61. The van der Waals surface area contributed by atoms with E-state index >= 15 is 0 Å². The quantitative estimate of drug-likeness (QED) is 0.729. The molecule has 6 nitrogen and oxygen atoms in total. The highest BCUT2D eigenvalue weighted by atomic mass is 16.5. The minimum Gasteiger partial charge on any atom is -0.484 e. The van der Waals surface area contributed by atoms with Gasteiger partial charge in [-0.2, -0.15) is 0 Å². The number of amides is 1. The number of carbonyl (C=O) groups excluding carboxylic acids is 1. The van der Waals surface area contributed by atoms with E-state index in [0.717, 1.165) is 5.69 Å². The number of nitrogens with zero attached hydrogens (tertiary/aromatic N) is 3. The average molecular weight is 364 g/mol. The molecule has 0 fully saturated rings. The van der Waals surface area contributed by atoms with Crippen molar-refractivity contribution in [3.8, 4) is 11.4 Å². The Bertz CT molecular complexity index is 881. The third-order valence-electron chi connectivity index (χ3n) is 4.19. The number of aromatic nitrogens is 3. The maximum atomic E-state index is 12.1. The molecule has 1 amide bonds. The molecular formula is C21H24N4O2. The molecule has 0 atom stereocenters. The smallest absolute Gasteiger partial charge is 0.258 e. The van der Waals surface area contributed by atoms with Crippen LogP contribution in [0.2, 0.25) is 0 Å². The number of ether oxygens (including phenoxy) is 1. The molecule has 0 spiro atoms. The van der Waals surface area contributed by atoms with Gasteiger partial charge in [0, 0.05) is 5.69 Å². The lowest BCUT2D eigenvalue weighted by molar-refractivity contribution is -0.123. The molecule has 1 heterocycles. The molecule has 0 unspecified atom stereocenters. The molecule has 3 rings (SSSR count). The van der Waals surface area contributed by atoms with Gasteiger partial charge >= 0.3 is 0 Å². The minimum atomic E-state index is -0.211. The zero-order valence-electron chi connectivity index (χ0n) is 15.8. The lowest BCUT2D eigenvalue weighted by Crippen LogP contribution is -2.29. The lowest BCUT2D eigenvalue weighted by atomic mass is 9.87. The van der Waals surface area contributed by atoms with E-state index in [2.05, 4.69) is 36.3 Å². The lowest BCUT2D eigenvalue weighted by Gasteiger charge is -2.19. The van der Waals surface area contributed by atoms with Crippen molar-refractivity contribution in [3.63, 3.8) is 0 Å². The van der Waals surface area contributed by atoms with Crippen molar-refractivity contribution >= 4 is 5.91 Å². The van der Waals surface area contributed by atoms with Crippen LogP contribution in [0.1, 0.15) is 32.2 Å². The van der Waals surface area contributed by atoms with Gasteiger partial charge in [0.2, 0.25) is 0 Å². The summed E-state index contributed by atoms with van der Waals surface area (Å²) in [5.41, 5.74) is 2.26. The Morgan fingerprint density at radius 1 is 1.07 bits per heavy atom. The highest BCUT2D eigenvalue weighted by molar-refractivity contribution is 5.77. The SMILES string of the molecule is CC(C)(C)c1ccc(OCC(=O)NCc2nncn2-c2ccccc2)cc1. The summed E-state index contributed by atoms with van der Waals surface area (Å²) in [4.78, 5) is 12.1. The number of nitrogens with one attached hydrogen (secondary N) is 1. The van der Waals surface area contributed by atoms with Gasteiger partial charge in [-0.05, 0) is 35.2 Å². The van der Waals surface area contributed by atoms with Crippen molar-refractivity contribution in [3.05, 3.63) is 72.3 Å². The minimum absolute atomic E-state index is 0.0473. The maximum absolute atomic E-state index is 12.1. The van der Waals surface area contributed by atoms with Gasteiger partial charge in [-0.3, -0.25) is 9.36 Å². The summed E-state index contributed by atoms with van der Waals surface area (Å²) >= 11 is 0. The van der Waals surface area contributed by atoms with Gasteiger partial charge in [0.25, 0.3) is 5.91 Å². The second kappa shape index (κ2) is 8.03. The second-order valence-corrected chi connectivity index (χ2v) is 7.29. The highest BCUT2D eigenvalue weighted by Crippen LogP contribution is 2.24. The van der Waals surface area contributed by atoms with E-state index in [1.807, 2.05) is 59.2 Å². The third kappa shape index (κ3) is 4.94. The zero-order valence-corrected chi connectivity index (χ0v) is 15.8. The van der Waals surface area contributed by atoms with Gasteiger partial charge in [-0.25, -0.2) is 0 Å². The van der Waals surface area contributed by atoms with Crippen LogP contribution in [-0.4, -0.2) is 27.3 Å². The Labute approximate surface area is 159 Å². The van der Waals surface area contributed by atoms with Crippen LogP contribution in [0.15, 0.2) is 60.9 Å². The van der Waals surface area contributed by atoms with Crippen molar-refractivity contribution < 1.29 is 9.53 Å². The number of benzene rings is 2. The van der Waals surface area contributed by atoms with E-state index in [-0.39, 0.29) is 24.5 Å². The first kappa shape index (κ1) is 18.6.